The van der Waals surface area contributed by atoms with Crippen molar-refractivity contribution in [3.05, 3.63) is 357 Å². The van der Waals surface area contributed by atoms with Gasteiger partial charge in [0.1, 0.15) is 0 Å². The Kier molecular flexibility index (Phi) is 7.52. The first-order chi connectivity index (χ1) is 59.7. The van der Waals surface area contributed by atoms with Crippen molar-refractivity contribution >= 4 is 101 Å². The summed E-state index contributed by atoms with van der Waals surface area (Å²) in [5, 5.41) is -2.13. The molecule has 0 saturated heterocycles. The summed E-state index contributed by atoms with van der Waals surface area (Å²) in [5.74, 6) is 0. The first-order valence-corrected chi connectivity index (χ1v) is 30.4. The number of hydrogen-bond donors (Lipinski definition) is 0. The van der Waals surface area contributed by atoms with Crippen LogP contribution in [-0.4, -0.2) is 15.8 Å². The highest BCUT2D eigenvalue weighted by molar-refractivity contribution is 7.00. The molecule has 2 aliphatic heterocycles. The number of aromatic nitrogens is 2. The number of rotatable bonds is 10. The number of nitrogens with zero attached hydrogens (tertiary/aromatic N) is 4. The largest absolute Gasteiger partial charge is 0.310 e. The van der Waals surface area contributed by atoms with Crippen LogP contribution >= 0.6 is 0 Å². The molecule has 19 rings (SSSR count). The molecule has 95 heavy (non-hydrogen) atoms. The lowest BCUT2D eigenvalue weighted by Crippen LogP contribution is -2.61. The van der Waals surface area contributed by atoms with E-state index in [2.05, 4.69) is 0 Å². The number of benzene rings is 15. The molecule has 4 nitrogen and oxygen atoms in total. The summed E-state index contributed by atoms with van der Waals surface area (Å²) < 4.78 is 295. The predicted octanol–water partition coefficient (Wildman–Crippen LogP) is 22.0. The van der Waals surface area contributed by atoms with Crippen LogP contribution in [0.25, 0.3) is 122 Å². The average molecular weight is 1240 g/mol. The number of hydrogen-bond acceptors (Lipinski definition) is 2. The summed E-state index contributed by atoms with van der Waals surface area (Å²) in [4.78, 5) is 3.43. The van der Waals surface area contributed by atoms with Gasteiger partial charge < -0.3 is 18.9 Å². The zero-order valence-electron chi connectivity index (χ0n) is 79.6. The van der Waals surface area contributed by atoms with E-state index in [1.54, 1.807) is 28.0 Å². The minimum Gasteiger partial charge on any atom is -0.310 e. The molecule has 2 aliphatic rings. The Labute approximate surface area is 594 Å². The molecule has 17 aromatic rings. The number of fused-ring (bicyclic) bond motifs is 10. The van der Waals surface area contributed by atoms with Crippen molar-refractivity contribution in [3.8, 4) is 78.1 Å². The lowest BCUT2D eigenvalue weighted by molar-refractivity contribution is 1.17. The van der Waals surface area contributed by atoms with Gasteiger partial charge in [0.2, 0.25) is 0 Å². The van der Waals surface area contributed by atoms with Crippen LogP contribution in [0.5, 0.6) is 0 Å². The second kappa shape index (κ2) is 22.2. The van der Waals surface area contributed by atoms with E-state index in [1.165, 1.54) is 0 Å². The lowest BCUT2D eigenvalue weighted by Gasteiger charge is -2.45. The van der Waals surface area contributed by atoms with Gasteiger partial charge >= 0.3 is 0 Å². The summed E-state index contributed by atoms with van der Waals surface area (Å²) in [7, 11) is 0. The highest BCUT2D eigenvalue weighted by Crippen LogP contribution is 2.53. The molecule has 0 aliphatic carbocycles. The van der Waals surface area contributed by atoms with Gasteiger partial charge in [0.25, 0.3) is 6.71 Å². The summed E-state index contributed by atoms with van der Waals surface area (Å²) in [6, 6.07) is 27.0. The molecular weight excluding hydrogens is 1150 g/mol. The highest BCUT2D eigenvalue weighted by atomic mass is 15.2. The van der Waals surface area contributed by atoms with Crippen LogP contribution in [0, 0.1) is 0 Å². The van der Waals surface area contributed by atoms with Crippen molar-refractivity contribution in [3.63, 3.8) is 0 Å². The molecule has 15 aromatic carbocycles. The zero-order chi connectivity index (χ0) is 88.6. The van der Waals surface area contributed by atoms with Crippen LogP contribution in [-0.2, 0) is 0 Å². The summed E-state index contributed by atoms with van der Waals surface area (Å²) in [6.45, 7) is -1.74. The minimum atomic E-state index is -1.74. The van der Waals surface area contributed by atoms with Gasteiger partial charge in [0.05, 0.1) is 74.6 Å². The molecule has 0 fully saturated rings. The fraction of sp³-hybridized carbons (Fsp3) is 0. The average Bonchev–Trinajstić information content (AvgIpc) is 1.12. The molecule has 0 bridgehead atoms. The van der Waals surface area contributed by atoms with Gasteiger partial charge in [-0.2, -0.15) is 0 Å². The van der Waals surface area contributed by atoms with Crippen LogP contribution < -0.4 is 26.2 Å². The van der Waals surface area contributed by atoms with Gasteiger partial charge in [0, 0.05) is 77.9 Å². The van der Waals surface area contributed by atoms with Gasteiger partial charge in [-0.1, -0.05) is 285 Å². The summed E-state index contributed by atoms with van der Waals surface area (Å²) >= 11 is 0. The van der Waals surface area contributed by atoms with Crippen LogP contribution in [0.2, 0.25) is 0 Å². The van der Waals surface area contributed by atoms with E-state index in [0.717, 1.165) is 9.13 Å². The van der Waals surface area contributed by atoms with E-state index in [9.17, 15) is 27.4 Å². The molecule has 0 atom stereocenters. The first kappa shape index (κ1) is 32.2. The third kappa shape index (κ3) is 8.70. The van der Waals surface area contributed by atoms with Gasteiger partial charge in [-0.3, -0.25) is 0 Å². The molecule has 442 valence electrons. The molecule has 5 heteroatoms. The van der Waals surface area contributed by atoms with Gasteiger partial charge in [-0.15, -0.1) is 0 Å². The maximum atomic E-state index is 11.6. The third-order valence-electron chi connectivity index (χ3n) is 17.6. The molecular formula is C90H59BN4. The molecule has 0 unspecified atom stereocenters. The molecule has 0 radical (unpaired) electrons. The third-order valence-corrected chi connectivity index (χ3v) is 17.6. The predicted molar refractivity (Wildman–Crippen MR) is 402 cm³/mol. The first-order valence-electron chi connectivity index (χ1n) is 45.4. The maximum Gasteiger partial charge on any atom is 0.252 e. The standard InChI is InChI=1S/C90H59BN4/c1-7-26-60(27-8-1)66-48-54-82-76(56-66)74-38-19-21-44-80(74)92(82)68-50-52-78-86(58-68)94(89-70(62-30-11-3-12-31-62)40-23-41-71(89)63-32-13-4-14-33-63)84-46-25-47-85-88(84)91(78)79-53-51-69(93-81-45-22-20-39-75(81)77-57-67(49-55-83(77)93)61-28-9-2-10-29-61)59-87(79)95(85)90-72(64-34-15-5-16-35-64)42-24-43-73(90)65-36-17-6-18-37-65/h1-59H/i1D,2D,7D,8D,9D,10D,19D,20D,21D,22D,26D,27D,28D,29D,38D,39D,44D,45D,48D,49D,50D,51D,52D,53D,54D,55D,56D,57D,58D,59D. The summed E-state index contributed by atoms with van der Waals surface area (Å²) in [5.41, 5.74) is -2.12. The number of anilines is 6. The Balaban J connectivity index is 1.03. The van der Waals surface area contributed by atoms with E-state index in [4.69, 9.17) is 13.7 Å². The van der Waals surface area contributed by atoms with E-state index in [-0.39, 0.29) is 39.1 Å². The Hall–Kier alpha value is -12.4. The normalized spacial score (nSPS) is 16.8. The van der Waals surface area contributed by atoms with E-state index < -0.39 is 265 Å². The molecule has 0 N–H and O–H groups in total. The van der Waals surface area contributed by atoms with Crippen molar-refractivity contribution in [1.29, 1.82) is 0 Å². The van der Waals surface area contributed by atoms with Crippen molar-refractivity contribution in [2.75, 3.05) is 9.80 Å². The van der Waals surface area contributed by atoms with E-state index in [1.807, 2.05) is 158 Å². The quantitative estimate of drug-likeness (QED) is 0.127. The van der Waals surface area contributed by atoms with E-state index in [0.29, 0.717) is 55.9 Å². The fourth-order valence-corrected chi connectivity index (χ4v) is 13.6. The van der Waals surface area contributed by atoms with E-state index >= 15 is 0 Å². The van der Waals surface area contributed by atoms with Crippen LogP contribution in [0.15, 0.2) is 357 Å². The summed E-state index contributed by atoms with van der Waals surface area (Å²) in [6.07, 6.45) is 0. The fourth-order valence-electron chi connectivity index (χ4n) is 13.6. The molecule has 2 aromatic heterocycles. The van der Waals surface area contributed by atoms with Gasteiger partial charge in [0.15, 0.2) is 0 Å². The van der Waals surface area contributed by atoms with Crippen molar-refractivity contribution in [1.82, 2.24) is 9.13 Å². The molecule has 4 heterocycles. The number of para-hydroxylation sites is 4. The maximum absolute atomic E-state index is 11.6. The lowest BCUT2D eigenvalue weighted by atomic mass is 9.33. The second-order valence-electron chi connectivity index (χ2n) is 22.7. The highest BCUT2D eigenvalue weighted by Gasteiger charge is 2.45. The Morgan fingerprint density at radius 2 is 0.589 bits per heavy atom. The van der Waals surface area contributed by atoms with Gasteiger partial charge in [-0.25, -0.2) is 0 Å². The Morgan fingerprint density at radius 3 is 0.979 bits per heavy atom. The molecule has 0 saturated carbocycles. The smallest absolute Gasteiger partial charge is 0.252 e. The van der Waals surface area contributed by atoms with Crippen LogP contribution in [0.3, 0.4) is 0 Å². The molecule has 0 spiro atoms. The van der Waals surface area contributed by atoms with Crippen LogP contribution in [0.1, 0.15) is 41.1 Å². The Morgan fingerprint density at radius 1 is 0.242 bits per heavy atom. The van der Waals surface area contributed by atoms with Crippen molar-refractivity contribution in [2.24, 2.45) is 0 Å². The topological polar surface area (TPSA) is 16.3 Å². The minimum absolute atomic E-state index is 0.182. The monoisotopic (exact) mass is 1240 g/mol. The SMILES string of the molecule is [2H]c1c([2H])c([2H])c(-c2c([2H])c([2H])c3c(c2[2H])c2c([2H])c([2H])c([2H])c([2H])c2n3-c2c([2H])c([2H])c3c(c2[2H])N(c2c(-c4ccccc4)cccc2-c2ccccc2)c2cccc4c2B3c2c([2H])c([2H])c(-n3c5c([2H])c([2H])c([2H])c([2H])c5c5c([2H])c(-c6c([2H])c([2H])c([2H])c([2H])c6[2H])c([2H])c([2H])c53)c([2H])c2N4c2c(-c3ccccc3)cccc2-c2ccccc2)c([2H])c1[2H]. The van der Waals surface area contributed by atoms with Crippen molar-refractivity contribution < 1.29 is 41.1 Å². The second-order valence-corrected chi connectivity index (χ2v) is 22.7. The Bertz CT molecular complexity index is 7120. The van der Waals surface area contributed by atoms with Crippen molar-refractivity contribution in [2.45, 2.75) is 0 Å². The zero-order valence-corrected chi connectivity index (χ0v) is 49.6. The van der Waals surface area contributed by atoms with Crippen LogP contribution in [0.4, 0.5) is 34.1 Å². The van der Waals surface area contributed by atoms with Gasteiger partial charge in [-0.05, 0) is 133 Å². The molecule has 0 amide bonds.